The van der Waals surface area contributed by atoms with Gasteiger partial charge in [0, 0.05) is 19.8 Å². The van der Waals surface area contributed by atoms with E-state index >= 15 is 0 Å². The van der Waals surface area contributed by atoms with Crippen LogP contribution in [0.25, 0.3) is 5.69 Å². The van der Waals surface area contributed by atoms with Crippen molar-refractivity contribution in [2.45, 2.75) is 20.3 Å². The molecule has 0 aliphatic rings. The molecule has 0 saturated heterocycles. The molecular weight excluding hydrogens is 322 g/mol. The lowest BCUT2D eigenvalue weighted by molar-refractivity contribution is 0.0934. The summed E-state index contributed by atoms with van der Waals surface area (Å²) >= 11 is 0. The van der Waals surface area contributed by atoms with Crippen molar-refractivity contribution in [2.75, 3.05) is 26.9 Å². The fourth-order valence-electron chi connectivity index (χ4n) is 2.23. The Morgan fingerprint density at radius 3 is 2.64 bits per heavy atom. The zero-order valence-electron chi connectivity index (χ0n) is 14.7. The zero-order chi connectivity index (χ0) is 18.2. The summed E-state index contributed by atoms with van der Waals surface area (Å²) in [4.78, 5) is 24.7. The van der Waals surface area contributed by atoms with E-state index < -0.39 is 5.91 Å². The van der Waals surface area contributed by atoms with Gasteiger partial charge in [0.1, 0.15) is 0 Å². The van der Waals surface area contributed by atoms with Crippen molar-refractivity contribution in [1.82, 2.24) is 15.1 Å². The first kappa shape index (κ1) is 18.7. The highest BCUT2D eigenvalue weighted by atomic mass is 16.5. The molecule has 1 N–H and O–H groups in total. The van der Waals surface area contributed by atoms with Gasteiger partial charge in [0.15, 0.2) is 11.4 Å². The van der Waals surface area contributed by atoms with E-state index in [9.17, 15) is 9.59 Å². The van der Waals surface area contributed by atoms with Crippen LogP contribution >= 0.6 is 0 Å². The van der Waals surface area contributed by atoms with Crippen molar-refractivity contribution in [3.8, 4) is 11.4 Å². The largest absolute Gasteiger partial charge is 0.494 e. The predicted molar refractivity (Wildman–Crippen MR) is 94.6 cm³/mol. The highest BCUT2D eigenvalue weighted by Gasteiger charge is 2.17. The molecule has 134 valence electrons. The van der Waals surface area contributed by atoms with E-state index in [-0.39, 0.29) is 17.0 Å². The van der Waals surface area contributed by atoms with Crippen molar-refractivity contribution in [1.29, 1.82) is 0 Å². The molecule has 0 saturated carbocycles. The van der Waals surface area contributed by atoms with Gasteiger partial charge in [0.2, 0.25) is 0 Å². The fourth-order valence-corrected chi connectivity index (χ4v) is 2.23. The first-order valence-corrected chi connectivity index (χ1v) is 8.18. The maximum atomic E-state index is 12.4. The van der Waals surface area contributed by atoms with Gasteiger partial charge in [-0.25, -0.2) is 0 Å². The SMILES string of the molecule is CCOCCCNC(=O)c1nn(-c2ccc(C)cc2)c(=O)cc1OC. The third-order valence-corrected chi connectivity index (χ3v) is 3.57. The van der Waals surface area contributed by atoms with Gasteiger partial charge in [-0.15, -0.1) is 0 Å². The van der Waals surface area contributed by atoms with Crippen LogP contribution in [0, 0.1) is 6.92 Å². The molecule has 1 aromatic carbocycles. The van der Waals surface area contributed by atoms with Crippen LogP contribution in [0.15, 0.2) is 35.1 Å². The summed E-state index contributed by atoms with van der Waals surface area (Å²) in [5, 5.41) is 6.96. The first-order chi connectivity index (χ1) is 12.1. The van der Waals surface area contributed by atoms with Gasteiger partial charge in [-0.05, 0) is 32.4 Å². The molecule has 1 aromatic heterocycles. The number of carbonyl (C=O) groups excluding carboxylic acids is 1. The molecular formula is C18H23N3O4. The molecule has 7 nitrogen and oxygen atoms in total. The number of nitrogens with zero attached hydrogens (tertiary/aromatic N) is 2. The Kier molecular flexibility index (Phi) is 6.71. The first-order valence-electron chi connectivity index (χ1n) is 8.18. The lowest BCUT2D eigenvalue weighted by Gasteiger charge is -2.11. The number of rotatable bonds is 8. The summed E-state index contributed by atoms with van der Waals surface area (Å²) in [6, 6.07) is 8.57. The molecule has 0 radical (unpaired) electrons. The highest BCUT2D eigenvalue weighted by Crippen LogP contribution is 2.14. The number of hydrogen-bond acceptors (Lipinski definition) is 5. The number of methoxy groups -OCH3 is 1. The van der Waals surface area contributed by atoms with Crippen LogP contribution in [0.1, 0.15) is 29.4 Å². The second-order valence-electron chi connectivity index (χ2n) is 5.45. The van der Waals surface area contributed by atoms with E-state index in [0.717, 1.165) is 5.56 Å². The Morgan fingerprint density at radius 1 is 1.28 bits per heavy atom. The van der Waals surface area contributed by atoms with Crippen molar-refractivity contribution < 1.29 is 14.3 Å². The lowest BCUT2D eigenvalue weighted by Crippen LogP contribution is -2.30. The number of aromatic nitrogens is 2. The minimum Gasteiger partial charge on any atom is -0.494 e. The minimum absolute atomic E-state index is 0.0686. The quantitative estimate of drug-likeness (QED) is 0.737. The Bertz CT molecular complexity index is 769. The Morgan fingerprint density at radius 2 is 2.00 bits per heavy atom. The molecule has 2 aromatic rings. The normalized spacial score (nSPS) is 10.5. The number of ether oxygens (including phenoxy) is 2. The molecule has 25 heavy (non-hydrogen) atoms. The van der Waals surface area contributed by atoms with Crippen LogP contribution in [-0.2, 0) is 4.74 Å². The van der Waals surface area contributed by atoms with Gasteiger partial charge in [-0.1, -0.05) is 17.7 Å². The molecule has 0 fully saturated rings. The van der Waals surface area contributed by atoms with Gasteiger partial charge in [-0.3, -0.25) is 9.59 Å². The van der Waals surface area contributed by atoms with Crippen LogP contribution in [0.2, 0.25) is 0 Å². The van der Waals surface area contributed by atoms with Gasteiger partial charge >= 0.3 is 0 Å². The number of nitrogens with one attached hydrogen (secondary N) is 1. The van der Waals surface area contributed by atoms with E-state index in [1.807, 2.05) is 26.0 Å². The molecule has 0 bridgehead atoms. The van der Waals surface area contributed by atoms with Gasteiger partial charge in [0.05, 0.1) is 18.9 Å². The molecule has 0 spiro atoms. The number of aryl methyl sites for hydroxylation is 1. The molecule has 0 aliphatic carbocycles. The fraction of sp³-hybridized carbons (Fsp3) is 0.389. The number of benzene rings is 1. The molecule has 1 heterocycles. The van der Waals surface area contributed by atoms with Crippen molar-refractivity contribution >= 4 is 5.91 Å². The summed E-state index contributed by atoms with van der Waals surface area (Å²) in [6.45, 7) is 5.54. The van der Waals surface area contributed by atoms with E-state index in [4.69, 9.17) is 9.47 Å². The third-order valence-electron chi connectivity index (χ3n) is 3.57. The van der Waals surface area contributed by atoms with Crippen molar-refractivity contribution in [3.63, 3.8) is 0 Å². The van der Waals surface area contributed by atoms with Gasteiger partial charge in [-0.2, -0.15) is 9.78 Å². The Balaban J connectivity index is 2.24. The van der Waals surface area contributed by atoms with Crippen LogP contribution in [-0.4, -0.2) is 42.6 Å². The Hall–Kier alpha value is -2.67. The molecule has 2 rings (SSSR count). The molecule has 0 atom stereocenters. The van der Waals surface area contributed by atoms with Crippen LogP contribution in [0.3, 0.4) is 0 Å². The summed E-state index contributed by atoms with van der Waals surface area (Å²) < 4.78 is 11.6. The van der Waals surface area contributed by atoms with Crippen LogP contribution < -0.4 is 15.6 Å². The van der Waals surface area contributed by atoms with Crippen molar-refractivity contribution in [2.24, 2.45) is 0 Å². The molecule has 7 heteroatoms. The number of hydrogen-bond donors (Lipinski definition) is 1. The summed E-state index contributed by atoms with van der Waals surface area (Å²) in [5.74, 6) is -0.245. The van der Waals surface area contributed by atoms with Crippen LogP contribution in [0.5, 0.6) is 5.75 Å². The number of carbonyl (C=O) groups is 1. The second kappa shape index (κ2) is 8.98. The monoisotopic (exact) mass is 345 g/mol. The minimum atomic E-state index is -0.394. The van der Waals surface area contributed by atoms with Crippen molar-refractivity contribution in [3.05, 3.63) is 51.9 Å². The third kappa shape index (κ3) is 4.90. The van der Waals surface area contributed by atoms with Gasteiger partial charge in [0.25, 0.3) is 11.5 Å². The molecule has 1 amide bonds. The average Bonchev–Trinajstić information content (AvgIpc) is 2.62. The Labute approximate surface area is 146 Å². The highest BCUT2D eigenvalue weighted by molar-refractivity contribution is 5.94. The van der Waals surface area contributed by atoms with Crippen LogP contribution in [0.4, 0.5) is 0 Å². The van der Waals surface area contributed by atoms with E-state index in [1.165, 1.54) is 17.9 Å². The maximum absolute atomic E-state index is 12.4. The topological polar surface area (TPSA) is 82.5 Å². The second-order valence-corrected chi connectivity index (χ2v) is 5.45. The average molecular weight is 345 g/mol. The zero-order valence-corrected chi connectivity index (χ0v) is 14.7. The predicted octanol–water partition coefficient (Wildman–Crippen LogP) is 1.71. The van der Waals surface area contributed by atoms with E-state index in [0.29, 0.717) is 31.9 Å². The molecule has 0 unspecified atom stereocenters. The lowest BCUT2D eigenvalue weighted by atomic mass is 10.2. The maximum Gasteiger partial charge on any atom is 0.275 e. The molecule has 0 aliphatic heterocycles. The number of amides is 1. The van der Waals surface area contributed by atoms with Gasteiger partial charge < -0.3 is 14.8 Å². The smallest absolute Gasteiger partial charge is 0.275 e. The summed E-state index contributed by atoms with van der Waals surface area (Å²) in [7, 11) is 1.40. The van der Waals surface area contributed by atoms with E-state index in [2.05, 4.69) is 10.4 Å². The van der Waals surface area contributed by atoms with E-state index in [1.54, 1.807) is 12.1 Å². The summed E-state index contributed by atoms with van der Waals surface area (Å²) in [5.41, 5.74) is 1.36. The standard InChI is InChI=1S/C18H23N3O4/c1-4-25-11-5-10-19-18(23)17-15(24-3)12-16(22)21(20-17)14-8-6-13(2)7-9-14/h6-9,12H,4-5,10-11H2,1-3H3,(H,19,23). The summed E-state index contributed by atoms with van der Waals surface area (Å²) in [6.07, 6.45) is 0.694.